The number of nitrogens with zero attached hydrogens (tertiary/aromatic N) is 2. The molecule has 1 aromatic carbocycles. The first-order chi connectivity index (χ1) is 8.99. The minimum Gasteiger partial charge on any atom is -0.489 e. The number of nitrogens with two attached hydrogens (primary N) is 1. The van der Waals surface area contributed by atoms with E-state index in [-0.39, 0.29) is 4.90 Å². The van der Waals surface area contributed by atoms with Crippen LogP contribution in [0.5, 0.6) is 5.75 Å². The number of hydrogen-bond acceptors (Lipinski definition) is 4. The molecule has 2 N–H and O–H groups in total. The van der Waals surface area contributed by atoms with Gasteiger partial charge in [-0.05, 0) is 31.2 Å². The van der Waals surface area contributed by atoms with Crippen LogP contribution in [0.15, 0.2) is 41.6 Å². The molecular formula is C12H15N3O3S. The maximum absolute atomic E-state index is 11.1. The van der Waals surface area contributed by atoms with Crippen molar-refractivity contribution in [2.75, 3.05) is 0 Å². The summed E-state index contributed by atoms with van der Waals surface area (Å²) in [5, 5.41) is 9.14. The molecule has 7 heteroatoms. The van der Waals surface area contributed by atoms with Gasteiger partial charge >= 0.3 is 0 Å². The Hall–Kier alpha value is -1.86. The molecule has 0 aliphatic rings. The van der Waals surface area contributed by atoms with E-state index in [0.29, 0.717) is 12.4 Å². The molecule has 0 saturated heterocycles. The van der Waals surface area contributed by atoms with Gasteiger partial charge in [0, 0.05) is 18.3 Å². The van der Waals surface area contributed by atoms with Gasteiger partial charge in [-0.1, -0.05) is 0 Å². The van der Waals surface area contributed by atoms with Crippen molar-refractivity contribution in [3.63, 3.8) is 0 Å². The maximum Gasteiger partial charge on any atom is 0.238 e. The van der Waals surface area contributed by atoms with Crippen LogP contribution in [0.3, 0.4) is 0 Å². The Kier molecular flexibility index (Phi) is 3.87. The molecule has 2 aromatic rings. The van der Waals surface area contributed by atoms with Crippen LogP contribution in [-0.4, -0.2) is 18.2 Å². The van der Waals surface area contributed by atoms with Crippen LogP contribution in [0.1, 0.15) is 12.5 Å². The van der Waals surface area contributed by atoms with Crippen molar-refractivity contribution in [3.8, 4) is 5.75 Å². The lowest BCUT2D eigenvalue weighted by atomic mass is 10.3. The molecule has 0 fully saturated rings. The predicted molar refractivity (Wildman–Crippen MR) is 70.0 cm³/mol. The molecule has 0 spiro atoms. The monoisotopic (exact) mass is 281 g/mol. The topological polar surface area (TPSA) is 87.2 Å². The molecule has 0 unspecified atom stereocenters. The van der Waals surface area contributed by atoms with Gasteiger partial charge in [-0.3, -0.25) is 4.68 Å². The molecule has 0 radical (unpaired) electrons. The van der Waals surface area contributed by atoms with E-state index in [2.05, 4.69) is 5.10 Å². The number of benzene rings is 1. The Labute approximate surface area is 111 Å². The maximum atomic E-state index is 11.1. The third kappa shape index (κ3) is 3.55. The van der Waals surface area contributed by atoms with Gasteiger partial charge in [-0.2, -0.15) is 5.10 Å². The summed E-state index contributed by atoms with van der Waals surface area (Å²) < 4.78 is 29.5. The van der Waals surface area contributed by atoms with E-state index in [0.717, 1.165) is 12.1 Å². The zero-order valence-corrected chi connectivity index (χ0v) is 11.3. The molecule has 0 saturated carbocycles. The fourth-order valence-electron chi connectivity index (χ4n) is 1.55. The van der Waals surface area contributed by atoms with E-state index < -0.39 is 10.0 Å². The van der Waals surface area contributed by atoms with E-state index in [4.69, 9.17) is 9.88 Å². The highest BCUT2D eigenvalue weighted by molar-refractivity contribution is 7.89. The Morgan fingerprint density at radius 1 is 1.32 bits per heavy atom. The van der Waals surface area contributed by atoms with Crippen LogP contribution < -0.4 is 9.88 Å². The first kappa shape index (κ1) is 13.6. The van der Waals surface area contributed by atoms with Crippen molar-refractivity contribution in [1.29, 1.82) is 0 Å². The van der Waals surface area contributed by atoms with E-state index in [1.54, 1.807) is 18.3 Å². The summed E-state index contributed by atoms with van der Waals surface area (Å²) in [6.45, 7) is 3.20. The fourth-order valence-corrected chi connectivity index (χ4v) is 2.06. The highest BCUT2D eigenvalue weighted by Crippen LogP contribution is 2.16. The second-order valence-electron chi connectivity index (χ2n) is 4.01. The van der Waals surface area contributed by atoms with Crippen LogP contribution in [-0.2, 0) is 23.2 Å². The molecule has 2 rings (SSSR count). The van der Waals surface area contributed by atoms with Crippen LogP contribution in [0.4, 0.5) is 0 Å². The Balaban J connectivity index is 2.00. The van der Waals surface area contributed by atoms with Gasteiger partial charge in [0.2, 0.25) is 10.0 Å². The average molecular weight is 281 g/mol. The van der Waals surface area contributed by atoms with Gasteiger partial charge < -0.3 is 4.74 Å². The second kappa shape index (κ2) is 5.41. The van der Waals surface area contributed by atoms with Crippen LogP contribution in [0.2, 0.25) is 0 Å². The fraction of sp³-hybridized carbons (Fsp3) is 0.250. The molecule has 0 atom stereocenters. The summed E-state index contributed by atoms with van der Waals surface area (Å²) in [6.07, 6.45) is 3.64. The van der Waals surface area contributed by atoms with E-state index in [1.165, 1.54) is 12.1 Å². The molecule has 0 bridgehead atoms. The number of primary sulfonamides is 1. The normalized spacial score (nSPS) is 11.5. The number of aryl methyl sites for hydroxylation is 1. The van der Waals surface area contributed by atoms with Crippen molar-refractivity contribution >= 4 is 10.0 Å². The van der Waals surface area contributed by atoms with Gasteiger partial charge in [0.1, 0.15) is 12.4 Å². The van der Waals surface area contributed by atoms with E-state index in [1.807, 2.05) is 17.8 Å². The third-order valence-corrected chi connectivity index (χ3v) is 3.50. The summed E-state index contributed by atoms with van der Waals surface area (Å²) in [5.41, 5.74) is 0.956. The highest BCUT2D eigenvalue weighted by atomic mass is 32.2. The molecule has 0 aliphatic carbocycles. The van der Waals surface area contributed by atoms with Gasteiger partial charge in [0.05, 0.1) is 11.1 Å². The van der Waals surface area contributed by atoms with Crippen molar-refractivity contribution in [2.45, 2.75) is 25.0 Å². The number of aromatic nitrogens is 2. The summed E-state index contributed by atoms with van der Waals surface area (Å²) in [6, 6.07) is 5.98. The number of rotatable bonds is 5. The van der Waals surface area contributed by atoms with Crippen LogP contribution >= 0.6 is 0 Å². The molecular weight excluding hydrogens is 266 g/mol. The van der Waals surface area contributed by atoms with Crippen molar-refractivity contribution in [3.05, 3.63) is 42.2 Å². The molecule has 1 aromatic heterocycles. The quantitative estimate of drug-likeness (QED) is 0.890. The lowest BCUT2D eigenvalue weighted by Gasteiger charge is -2.05. The molecule has 0 aliphatic heterocycles. The van der Waals surface area contributed by atoms with E-state index >= 15 is 0 Å². The number of hydrogen-bond donors (Lipinski definition) is 1. The lowest BCUT2D eigenvalue weighted by molar-refractivity contribution is 0.306. The highest BCUT2D eigenvalue weighted by Gasteiger charge is 2.07. The summed E-state index contributed by atoms with van der Waals surface area (Å²) in [4.78, 5) is 0.0682. The summed E-state index contributed by atoms with van der Waals surface area (Å²) in [5.74, 6) is 0.580. The average Bonchev–Trinajstić information content (AvgIpc) is 2.84. The minimum atomic E-state index is -3.66. The van der Waals surface area contributed by atoms with Gasteiger partial charge in [-0.15, -0.1) is 0 Å². The van der Waals surface area contributed by atoms with Gasteiger partial charge in [0.25, 0.3) is 0 Å². The molecule has 0 amide bonds. The molecule has 6 nitrogen and oxygen atoms in total. The number of ether oxygens (including phenoxy) is 1. The van der Waals surface area contributed by atoms with Crippen molar-refractivity contribution < 1.29 is 13.2 Å². The Bertz CT molecular complexity index is 647. The molecule has 102 valence electrons. The lowest BCUT2D eigenvalue weighted by Crippen LogP contribution is -2.11. The Morgan fingerprint density at radius 2 is 2.00 bits per heavy atom. The van der Waals surface area contributed by atoms with Crippen LogP contribution in [0, 0.1) is 0 Å². The SMILES string of the molecule is CCn1cc(COc2ccc(S(N)(=O)=O)cc2)cn1. The standard InChI is InChI=1S/C12H15N3O3S/c1-2-15-8-10(7-14-15)9-18-11-3-5-12(6-4-11)19(13,16)17/h3-8H,2,9H2,1H3,(H2,13,16,17). The third-order valence-electron chi connectivity index (χ3n) is 2.57. The summed E-state index contributed by atoms with van der Waals surface area (Å²) >= 11 is 0. The smallest absolute Gasteiger partial charge is 0.238 e. The van der Waals surface area contributed by atoms with Gasteiger partial charge in [-0.25, -0.2) is 13.6 Å². The number of sulfonamides is 1. The second-order valence-corrected chi connectivity index (χ2v) is 5.57. The van der Waals surface area contributed by atoms with Crippen LogP contribution in [0.25, 0.3) is 0 Å². The largest absolute Gasteiger partial charge is 0.489 e. The minimum absolute atomic E-state index is 0.0682. The van der Waals surface area contributed by atoms with Crippen molar-refractivity contribution in [1.82, 2.24) is 9.78 Å². The zero-order valence-electron chi connectivity index (χ0n) is 10.5. The summed E-state index contributed by atoms with van der Waals surface area (Å²) in [7, 11) is -3.66. The van der Waals surface area contributed by atoms with E-state index in [9.17, 15) is 8.42 Å². The zero-order chi connectivity index (χ0) is 13.9. The van der Waals surface area contributed by atoms with Gasteiger partial charge in [0.15, 0.2) is 0 Å². The first-order valence-electron chi connectivity index (χ1n) is 5.76. The molecule has 19 heavy (non-hydrogen) atoms. The first-order valence-corrected chi connectivity index (χ1v) is 7.30. The molecule has 1 heterocycles. The predicted octanol–water partition coefficient (Wildman–Crippen LogP) is 1.13. The Morgan fingerprint density at radius 3 is 2.53 bits per heavy atom. The van der Waals surface area contributed by atoms with Crippen molar-refractivity contribution in [2.24, 2.45) is 5.14 Å².